The maximum Gasteiger partial charge on any atom is 0.255 e. The zero-order valence-electron chi connectivity index (χ0n) is 12.8. The number of hydrogen-bond acceptors (Lipinski definition) is 4. The zero-order valence-corrected chi connectivity index (χ0v) is 13.6. The van der Waals surface area contributed by atoms with Crippen molar-refractivity contribution in [2.24, 2.45) is 0 Å². The van der Waals surface area contributed by atoms with Crippen molar-refractivity contribution in [1.82, 2.24) is 0 Å². The summed E-state index contributed by atoms with van der Waals surface area (Å²) in [6.07, 6.45) is 0.991. The molecule has 0 aliphatic rings. The molecule has 6 nitrogen and oxygen atoms in total. The van der Waals surface area contributed by atoms with E-state index in [1.807, 2.05) is 0 Å². The second kappa shape index (κ2) is 6.83. The first kappa shape index (κ1) is 17.7. The smallest absolute Gasteiger partial charge is 0.255 e. The van der Waals surface area contributed by atoms with Gasteiger partial charge in [0.2, 0.25) is 10.0 Å². The number of hydrogen-bond donors (Lipinski definition) is 2. The number of halogens is 2. The lowest BCUT2D eigenvalue weighted by atomic mass is 10.2. The fraction of sp³-hybridized carbons (Fsp3) is 0.133. The van der Waals surface area contributed by atoms with E-state index in [9.17, 15) is 22.0 Å². The van der Waals surface area contributed by atoms with Gasteiger partial charge in [-0.05, 0) is 30.3 Å². The highest BCUT2D eigenvalue weighted by Gasteiger charge is 2.13. The largest absolute Gasteiger partial charge is 0.494 e. The standard InChI is InChI=1S/C15H14F2N2O4S/c1-23-14-8-10(4-6-13(14)19-24(2,21)22)18-15(20)9-3-5-11(16)12(17)7-9/h3-8,19H,1-2H3,(H,18,20). The molecule has 2 aromatic carbocycles. The number of benzene rings is 2. The molecule has 0 aliphatic carbocycles. The molecular weight excluding hydrogens is 342 g/mol. The molecule has 0 fully saturated rings. The molecular formula is C15H14F2N2O4S. The van der Waals surface area contributed by atoms with Gasteiger partial charge in [-0.3, -0.25) is 9.52 Å². The van der Waals surface area contributed by atoms with Gasteiger partial charge in [-0.1, -0.05) is 0 Å². The molecule has 0 atom stereocenters. The van der Waals surface area contributed by atoms with E-state index < -0.39 is 27.6 Å². The van der Waals surface area contributed by atoms with Crippen molar-refractivity contribution < 1.29 is 26.7 Å². The summed E-state index contributed by atoms with van der Waals surface area (Å²) in [5, 5.41) is 2.48. The van der Waals surface area contributed by atoms with E-state index in [1.54, 1.807) is 0 Å². The summed E-state index contributed by atoms with van der Waals surface area (Å²) in [6, 6.07) is 7.01. The fourth-order valence-electron chi connectivity index (χ4n) is 1.89. The second-order valence-electron chi connectivity index (χ2n) is 4.87. The van der Waals surface area contributed by atoms with Crippen LogP contribution in [0.5, 0.6) is 5.75 Å². The number of nitrogens with one attached hydrogen (secondary N) is 2. The first-order chi connectivity index (χ1) is 11.2. The Morgan fingerprint density at radius 1 is 1.08 bits per heavy atom. The molecule has 2 aromatic rings. The lowest BCUT2D eigenvalue weighted by molar-refractivity contribution is 0.102. The van der Waals surface area contributed by atoms with Crippen molar-refractivity contribution in [1.29, 1.82) is 0 Å². The van der Waals surface area contributed by atoms with Gasteiger partial charge in [0.25, 0.3) is 5.91 Å². The molecule has 0 saturated carbocycles. The maximum absolute atomic E-state index is 13.2. The van der Waals surface area contributed by atoms with Crippen LogP contribution >= 0.6 is 0 Å². The Kier molecular flexibility index (Phi) is 5.03. The Labute approximate surface area is 137 Å². The van der Waals surface area contributed by atoms with Crippen LogP contribution in [0.15, 0.2) is 36.4 Å². The summed E-state index contributed by atoms with van der Waals surface area (Å²) >= 11 is 0. The summed E-state index contributed by atoms with van der Waals surface area (Å²) in [5.41, 5.74) is 0.428. The number of amides is 1. The van der Waals surface area contributed by atoms with Gasteiger partial charge in [0, 0.05) is 17.3 Å². The van der Waals surface area contributed by atoms with E-state index in [0.717, 1.165) is 24.5 Å². The Hall–Kier alpha value is -2.68. The van der Waals surface area contributed by atoms with E-state index in [-0.39, 0.29) is 17.0 Å². The van der Waals surface area contributed by atoms with Crippen molar-refractivity contribution in [2.45, 2.75) is 0 Å². The second-order valence-corrected chi connectivity index (χ2v) is 6.62. The molecule has 0 saturated heterocycles. The third kappa shape index (κ3) is 4.42. The molecule has 2 N–H and O–H groups in total. The zero-order chi connectivity index (χ0) is 17.9. The van der Waals surface area contributed by atoms with Crippen molar-refractivity contribution in [3.8, 4) is 5.75 Å². The van der Waals surface area contributed by atoms with Crippen molar-refractivity contribution >= 4 is 27.3 Å². The molecule has 0 heterocycles. The van der Waals surface area contributed by atoms with Gasteiger partial charge in [0.1, 0.15) is 5.75 Å². The van der Waals surface area contributed by atoms with Gasteiger partial charge in [-0.15, -0.1) is 0 Å². The van der Waals surface area contributed by atoms with Crippen LogP contribution in [-0.2, 0) is 10.0 Å². The average Bonchev–Trinajstić information content (AvgIpc) is 2.50. The van der Waals surface area contributed by atoms with Crippen LogP contribution in [-0.4, -0.2) is 27.7 Å². The van der Waals surface area contributed by atoms with Gasteiger partial charge in [-0.2, -0.15) is 0 Å². The summed E-state index contributed by atoms with van der Waals surface area (Å²) in [4.78, 5) is 12.0. The molecule has 128 valence electrons. The minimum Gasteiger partial charge on any atom is -0.494 e. The number of methoxy groups -OCH3 is 1. The first-order valence-corrected chi connectivity index (χ1v) is 8.51. The normalized spacial score (nSPS) is 11.0. The van der Waals surface area contributed by atoms with Crippen molar-refractivity contribution in [3.05, 3.63) is 53.6 Å². The van der Waals surface area contributed by atoms with Crippen LogP contribution in [0, 0.1) is 11.6 Å². The number of carbonyl (C=O) groups excluding carboxylic acids is 1. The molecule has 0 aliphatic heterocycles. The van der Waals surface area contributed by atoms with E-state index in [1.165, 1.54) is 25.3 Å². The third-order valence-electron chi connectivity index (χ3n) is 2.94. The highest BCUT2D eigenvalue weighted by molar-refractivity contribution is 7.92. The van der Waals surface area contributed by atoms with Crippen LogP contribution in [0.3, 0.4) is 0 Å². The molecule has 9 heteroatoms. The van der Waals surface area contributed by atoms with Gasteiger partial charge >= 0.3 is 0 Å². The average molecular weight is 356 g/mol. The first-order valence-electron chi connectivity index (χ1n) is 6.62. The van der Waals surface area contributed by atoms with E-state index >= 15 is 0 Å². The number of ether oxygens (including phenoxy) is 1. The fourth-order valence-corrected chi connectivity index (χ4v) is 2.46. The Morgan fingerprint density at radius 3 is 2.38 bits per heavy atom. The molecule has 24 heavy (non-hydrogen) atoms. The molecule has 0 radical (unpaired) electrons. The molecule has 0 spiro atoms. The lowest BCUT2D eigenvalue weighted by Gasteiger charge is -2.12. The number of anilines is 2. The van der Waals surface area contributed by atoms with Gasteiger partial charge < -0.3 is 10.1 Å². The SMILES string of the molecule is COc1cc(NC(=O)c2ccc(F)c(F)c2)ccc1NS(C)(=O)=O. The van der Waals surface area contributed by atoms with E-state index in [0.29, 0.717) is 5.69 Å². The topological polar surface area (TPSA) is 84.5 Å². The van der Waals surface area contributed by atoms with Crippen LogP contribution in [0.4, 0.5) is 20.2 Å². The molecule has 1 amide bonds. The Bertz CT molecular complexity index is 885. The third-order valence-corrected chi connectivity index (χ3v) is 3.53. The van der Waals surface area contributed by atoms with Crippen LogP contribution in [0.2, 0.25) is 0 Å². The molecule has 0 bridgehead atoms. The predicted octanol–water partition coefficient (Wildman–Crippen LogP) is 2.60. The summed E-state index contributed by atoms with van der Waals surface area (Å²) < 4.78 is 55.9. The Balaban J connectivity index is 2.23. The molecule has 0 unspecified atom stereocenters. The quantitative estimate of drug-likeness (QED) is 0.862. The summed E-state index contributed by atoms with van der Waals surface area (Å²) in [6.45, 7) is 0. The number of sulfonamides is 1. The number of carbonyl (C=O) groups is 1. The van der Waals surface area contributed by atoms with Crippen molar-refractivity contribution in [2.75, 3.05) is 23.4 Å². The maximum atomic E-state index is 13.2. The van der Waals surface area contributed by atoms with E-state index in [4.69, 9.17) is 4.74 Å². The number of rotatable bonds is 5. The monoisotopic (exact) mass is 356 g/mol. The molecule has 2 rings (SSSR count). The minimum absolute atomic E-state index is 0.0637. The predicted molar refractivity (Wildman–Crippen MR) is 85.8 cm³/mol. The van der Waals surface area contributed by atoms with Gasteiger partial charge in [0.05, 0.1) is 19.1 Å². The lowest BCUT2D eigenvalue weighted by Crippen LogP contribution is -2.13. The van der Waals surface area contributed by atoms with Crippen LogP contribution in [0.1, 0.15) is 10.4 Å². The van der Waals surface area contributed by atoms with E-state index in [2.05, 4.69) is 10.0 Å². The van der Waals surface area contributed by atoms with Crippen LogP contribution < -0.4 is 14.8 Å². The summed E-state index contributed by atoms with van der Waals surface area (Å²) in [5.74, 6) is -2.65. The van der Waals surface area contributed by atoms with Gasteiger partial charge in [-0.25, -0.2) is 17.2 Å². The highest BCUT2D eigenvalue weighted by Crippen LogP contribution is 2.28. The van der Waals surface area contributed by atoms with Gasteiger partial charge in [0.15, 0.2) is 11.6 Å². The van der Waals surface area contributed by atoms with Crippen LogP contribution in [0.25, 0.3) is 0 Å². The Morgan fingerprint density at radius 2 is 1.79 bits per heavy atom. The highest BCUT2D eigenvalue weighted by atomic mass is 32.2. The minimum atomic E-state index is -3.49. The van der Waals surface area contributed by atoms with Crippen molar-refractivity contribution in [3.63, 3.8) is 0 Å². The molecule has 0 aromatic heterocycles. The summed E-state index contributed by atoms with van der Waals surface area (Å²) in [7, 11) is -2.15.